The molecule has 4 heteroatoms. The average molecular weight is 390 g/mol. The Morgan fingerprint density at radius 1 is 0.833 bits per heavy atom. The van der Waals surface area contributed by atoms with E-state index in [2.05, 4.69) is 82.9 Å². The summed E-state index contributed by atoms with van der Waals surface area (Å²) >= 11 is 0. The Labute approximate surface area is 175 Å². The third-order valence-electron chi connectivity index (χ3n) is 5.31. The zero-order chi connectivity index (χ0) is 20.3. The van der Waals surface area contributed by atoms with Crippen LogP contribution < -0.4 is 5.32 Å². The highest BCUT2D eigenvalue weighted by molar-refractivity contribution is 5.92. The van der Waals surface area contributed by atoms with Gasteiger partial charge < -0.3 is 10.3 Å². The summed E-state index contributed by atoms with van der Waals surface area (Å²) in [4.78, 5) is 12.7. The molecule has 0 saturated heterocycles. The summed E-state index contributed by atoms with van der Waals surface area (Å²) in [5.74, 6) is 0. The van der Waals surface area contributed by atoms with Gasteiger partial charge in [-0.05, 0) is 30.2 Å². The molecule has 0 unspecified atom stereocenters. The molecule has 0 fully saturated rings. The molecule has 146 valence electrons. The molecule has 0 aliphatic rings. The molecule has 2 N–H and O–H groups in total. The van der Waals surface area contributed by atoms with Crippen molar-refractivity contribution in [2.45, 2.75) is 13.0 Å². The number of rotatable bonds is 5. The molecular formula is C26H22N4. The predicted molar refractivity (Wildman–Crippen MR) is 123 cm³/mol. The largest absolute Gasteiger partial charge is 0.379 e. The van der Waals surface area contributed by atoms with Crippen molar-refractivity contribution < 1.29 is 0 Å². The first-order valence-corrected chi connectivity index (χ1v) is 10.1. The molecule has 0 aliphatic carbocycles. The first kappa shape index (κ1) is 18.1. The fourth-order valence-corrected chi connectivity index (χ4v) is 3.71. The predicted octanol–water partition coefficient (Wildman–Crippen LogP) is 6.47. The lowest BCUT2D eigenvalue weighted by molar-refractivity contribution is 0.885. The van der Waals surface area contributed by atoms with Crippen LogP contribution in [0.4, 0.5) is 5.69 Å². The van der Waals surface area contributed by atoms with E-state index in [4.69, 9.17) is 4.98 Å². The first-order chi connectivity index (χ1) is 14.8. The van der Waals surface area contributed by atoms with Crippen LogP contribution in [0.25, 0.3) is 33.5 Å². The van der Waals surface area contributed by atoms with Gasteiger partial charge in [-0.3, -0.25) is 0 Å². The third-order valence-corrected chi connectivity index (χ3v) is 5.31. The van der Waals surface area contributed by atoms with E-state index in [0.717, 1.165) is 39.2 Å². The van der Waals surface area contributed by atoms with E-state index in [1.54, 1.807) is 0 Å². The van der Waals surface area contributed by atoms with Gasteiger partial charge in [0.2, 0.25) is 0 Å². The van der Waals surface area contributed by atoms with Crippen LogP contribution in [0, 0.1) is 0 Å². The number of aromatic nitrogens is 3. The molecule has 0 aliphatic heterocycles. The molecule has 0 radical (unpaired) electrons. The maximum atomic E-state index is 4.91. The third kappa shape index (κ3) is 3.55. The molecule has 5 aromatic rings. The molecule has 0 amide bonds. The maximum absolute atomic E-state index is 4.91. The minimum absolute atomic E-state index is 0.217. The number of nitrogens with one attached hydrogen (secondary N) is 2. The summed E-state index contributed by atoms with van der Waals surface area (Å²) in [5, 5.41) is 3.60. The van der Waals surface area contributed by atoms with E-state index in [1.807, 2.05) is 36.7 Å². The van der Waals surface area contributed by atoms with Gasteiger partial charge >= 0.3 is 0 Å². The fourth-order valence-electron chi connectivity index (χ4n) is 3.71. The SMILES string of the molecule is C[C@H](Nc1cccc(-c2c[nH]c3ncc(-c4ccccc4)nc23)c1)c1ccccc1. The van der Waals surface area contributed by atoms with Gasteiger partial charge in [0.25, 0.3) is 0 Å². The number of anilines is 1. The number of H-pyrrole nitrogens is 1. The average Bonchev–Trinajstić information content (AvgIpc) is 3.24. The summed E-state index contributed by atoms with van der Waals surface area (Å²) in [6.07, 6.45) is 3.80. The Hall–Kier alpha value is -3.92. The zero-order valence-electron chi connectivity index (χ0n) is 16.7. The summed E-state index contributed by atoms with van der Waals surface area (Å²) < 4.78 is 0. The molecule has 3 aromatic carbocycles. The van der Waals surface area contributed by atoms with Gasteiger partial charge in [-0.15, -0.1) is 0 Å². The zero-order valence-corrected chi connectivity index (χ0v) is 16.7. The van der Waals surface area contributed by atoms with Crippen LogP contribution in [0.3, 0.4) is 0 Å². The summed E-state index contributed by atoms with van der Waals surface area (Å²) in [5.41, 5.74) is 8.09. The minimum Gasteiger partial charge on any atom is -0.379 e. The molecule has 0 bridgehead atoms. The monoisotopic (exact) mass is 390 g/mol. The van der Waals surface area contributed by atoms with Crippen LogP contribution in [-0.2, 0) is 0 Å². The Morgan fingerprint density at radius 3 is 2.37 bits per heavy atom. The highest BCUT2D eigenvalue weighted by Gasteiger charge is 2.12. The number of hydrogen-bond acceptors (Lipinski definition) is 3. The molecule has 2 aromatic heterocycles. The van der Waals surface area contributed by atoms with Crippen LogP contribution in [0.2, 0.25) is 0 Å². The number of hydrogen-bond donors (Lipinski definition) is 2. The van der Waals surface area contributed by atoms with Crippen molar-refractivity contribution in [3.05, 3.63) is 103 Å². The van der Waals surface area contributed by atoms with Crippen molar-refractivity contribution >= 4 is 16.9 Å². The number of fused-ring (bicyclic) bond motifs is 1. The van der Waals surface area contributed by atoms with Crippen molar-refractivity contribution in [1.82, 2.24) is 15.0 Å². The van der Waals surface area contributed by atoms with Gasteiger partial charge in [0.15, 0.2) is 5.65 Å². The molecule has 0 saturated carbocycles. The van der Waals surface area contributed by atoms with Crippen molar-refractivity contribution in [2.75, 3.05) is 5.32 Å². The second-order valence-electron chi connectivity index (χ2n) is 7.38. The van der Waals surface area contributed by atoms with Crippen LogP contribution in [0.5, 0.6) is 0 Å². The molecule has 30 heavy (non-hydrogen) atoms. The van der Waals surface area contributed by atoms with Crippen LogP contribution >= 0.6 is 0 Å². The van der Waals surface area contributed by atoms with Crippen molar-refractivity contribution in [3.63, 3.8) is 0 Å². The van der Waals surface area contributed by atoms with E-state index in [0.29, 0.717) is 0 Å². The molecular weight excluding hydrogens is 368 g/mol. The Morgan fingerprint density at radius 2 is 1.57 bits per heavy atom. The van der Waals surface area contributed by atoms with E-state index in [9.17, 15) is 0 Å². The summed E-state index contributed by atoms with van der Waals surface area (Å²) in [6.45, 7) is 2.17. The maximum Gasteiger partial charge on any atom is 0.156 e. The second kappa shape index (κ2) is 7.84. The van der Waals surface area contributed by atoms with Gasteiger partial charge in [0.1, 0.15) is 5.52 Å². The summed E-state index contributed by atoms with van der Waals surface area (Å²) in [7, 11) is 0. The summed E-state index contributed by atoms with van der Waals surface area (Å²) in [6, 6.07) is 29.3. The smallest absolute Gasteiger partial charge is 0.156 e. The van der Waals surface area contributed by atoms with Crippen LogP contribution in [0.15, 0.2) is 97.3 Å². The standard InChI is InChI=1S/C26H22N4/c1-18(19-9-4-2-5-10-19)29-22-14-8-13-21(15-22)23-16-27-26-25(23)30-24(17-28-26)20-11-6-3-7-12-20/h2-18,29H,1H3,(H,27,28)/t18-/m0/s1. The molecule has 4 nitrogen and oxygen atoms in total. The molecule has 5 rings (SSSR count). The minimum atomic E-state index is 0.217. The van der Waals surface area contributed by atoms with Gasteiger partial charge in [-0.2, -0.15) is 0 Å². The van der Waals surface area contributed by atoms with Crippen LogP contribution in [-0.4, -0.2) is 15.0 Å². The van der Waals surface area contributed by atoms with Gasteiger partial charge in [-0.25, -0.2) is 9.97 Å². The second-order valence-corrected chi connectivity index (χ2v) is 7.38. The van der Waals surface area contributed by atoms with Gasteiger partial charge in [0, 0.05) is 29.1 Å². The van der Waals surface area contributed by atoms with Crippen molar-refractivity contribution in [1.29, 1.82) is 0 Å². The lowest BCUT2D eigenvalue weighted by Gasteiger charge is -2.16. The van der Waals surface area contributed by atoms with Crippen LogP contribution in [0.1, 0.15) is 18.5 Å². The highest BCUT2D eigenvalue weighted by Crippen LogP contribution is 2.30. The molecule has 0 spiro atoms. The Kier molecular flexibility index (Phi) is 4.74. The van der Waals surface area contributed by atoms with E-state index in [-0.39, 0.29) is 6.04 Å². The van der Waals surface area contributed by atoms with Gasteiger partial charge in [-0.1, -0.05) is 72.8 Å². The Balaban J connectivity index is 1.49. The number of nitrogens with zero attached hydrogens (tertiary/aromatic N) is 2. The number of benzene rings is 3. The van der Waals surface area contributed by atoms with Crippen molar-refractivity contribution in [3.8, 4) is 22.4 Å². The van der Waals surface area contributed by atoms with E-state index < -0.39 is 0 Å². The normalized spacial score (nSPS) is 12.0. The number of aromatic amines is 1. The molecule has 2 heterocycles. The Bertz CT molecular complexity index is 1280. The lowest BCUT2D eigenvalue weighted by Crippen LogP contribution is -2.06. The van der Waals surface area contributed by atoms with Crippen molar-refractivity contribution in [2.24, 2.45) is 0 Å². The first-order valence-electron chi connectivity index (χ1n) is 10.1. The molecule has 1 atom stereocenters. The fraction of sp³-hybridized carbons (Fsp3) is 0.0769. The lowest BCUT2D eigenvalue weighted by atomic mass is 10.1. The van der Waals surface area contributed by atoms with E-state index >= 15 is 0 Å². The topological polar surface area (TPSA) is 53.6 Å². The quantitative estimate of drug-likeness (QED) is 0.362. The van der Waals surface area contributed by atoms with E-state index in [1.165, 1.54) is 5.56 Å². The van der Waals surface area contributed by atoms with Gasteiger partial charge in [0.05, 0.1) is 11.9 Å². The highest BCUT2D eigenvalue weighted by atomic mass is 14.9.